The first kappa shape index (κ1) is 99.0. The van der Waals surface area contributed by atoms with Gasteiger partial charge in [0.25, 0.3) is 11.8 Å². The SMILES string of the molecule is CN(C)C1CCCCC1.COCCO.COc1nc(Cl)ccc1[N+](=O)[O-].COc1nc(N2CCC(N(C)C)CC2)ccc1N.COc1nc(N2CCC(N(C)C)CC2)ccc1Nc1ncc(Cl)c(Nc2ccccc2P(C)(C)=O)n1.COc1nc(N2CCC(N(C)C)CC2)ccc1[N+](=O)[O-].CP(C)(=O)c1ccccc1Nc1nc(Cl)ncc1Cl.[3H-]. The molecule has 0 spiro atoms. The molecule has 6 N–H and O–H groups in total. The second kappa shape index (κ2) is 49.2. The number of anilines is 10. The topological polar surface area (TPSA) is 375 Å². The number of nitrogens with one attached hydrogen (secondary N) is 3. The fourth-order valence-electron chi connectivity index (χ4n) is 13.2. The molecule has 1 saturated carbocycles. The summed E-state index contributed by atoms with van der Waals surface area (Å²) in [5, 5.41) is 41.0. The average molecular weight is 1770 g/mol. The summed E-state index contributed by atoms with van der Waals surface area (Å²) in [7, 11) is 19.6. The van der Waals surface area contributed by atoms with E-state index >= 15 is 0 Å². The number of ether oxygens (including phenoxy) is 5. The van der Waals surface area contributed by atoms with Gasteiger partial charge >= 0.3 is 11.4 Å². The van der Waals surface area contributed by atoms with E-state index in [1.54, 1.807) is 54.1 Å². The number of pyridine rings is 4. The Morgan fingerprint density at radius 1 is 0.479 bits per heavy atom. The van der Waals surface area contributed by atoms with Crippen LogP contribution in [0.4, 0.5) is 69.2 Å². The molecule has 0 bridgehead atoms. The van der Waals surface area contributed by atoms with Crippen LogP contribution in [0.1, 0.15) is 72.1 Å². The van der Waals surface area contributed by atoms with Crippen LogP contribution in [0.5, 0.6) is 23.5 Å². The van der Waals surface area contributed by atoms with Gasteiger partial charge in [-0.05, 0) is 207 Å². The number of aromatic nitrogens is 8. The minimum atomic E-state index is -2.51. The largest absolute Gasteiger partial charge is 1.00 e. The number of nitrogen functional groups attached to an aromatic ring is 1. The van der Waals surface area contributed by atoms with Crippen molar-refractivity contribution in [2.24, 2.45) is 0 Å². The van der Waals surface area contributed by atoms with Gasteiger partial charge in [-0.3, -0.25) is 20.2 Å². The standard InChI is InChI=1S/C25H33ClN7O2P.C13H20N4O3.C13H22N4O.C12H12Cl2N3OP.C8H17N.C6H5ClN2O3.C3H8O2.H/c1-32(2)17-12-14-33(15-13-17)22-11-10-20(24(30-22)35-3)29-25-27-16-18(26)23(31-25)28-19-8-6-7-9-21(19)36(4,5)34;1-15(2)10-6-8-16(9-7-10)12-5-4-11(17(18)19)13(14-12)20-3;1-16(2)10-6-8-17(9-7-10)12-5-4-11(14)13(15-12)18-3;1-19(2,18)10-6-4-3-5-9(10)16-11-8(13)7-15-12(14)17-11;1-9(2)8-6-4-3-5-7-8;1-12-6-4(9(10)11)2-3-5(7)8-6;1-5-3-2-4;/h6-11,16-17H,12-15H2,1-5H3,(H2,27,28,29,31);4-5,10H,6-9H2,1-3H3;4-5,10H,6-9,14H2,1-3H3;3-7H,1-2H3,(H,15,16,17);8H,3-7H2,1-2H3;2-3H,1H3;4H,2-3H2,1H3;/q;;;;;;;-1/i;;;;;;;1+2. The Bertz CT molecular complexity index is 4600. The fourth-order valence-corrected chi connectivity index (χ4v) is 16.0. The highest BCUT2D eigenvalue weighted by Crippen LogP contribution is 2.41. The van der Waals surface area contributed by atoms with Gasteiger partial charge in [0.15, 0.2) is 11.6 Å². The van der Waals surface area contributed by atoms with E-state index in [9.17, 15) is 29.4 Å². The van der Waals surface area contributed by atoms with Gasteiger partial charge in [0.2, 0.25) is 23.0 Å². The van der Waals surface area contributed by atoms with Crippen molar-refractivity contribution in [3.8, 4) is 23.5 Å². The van der Waals surface area contributed by atoms with Crippen LogP contribution in [0.15, 0.2) is 109 Å². The number of halogens is 4. The molecule has 4 aliphatic rings. The van der Waals surface area contributed by atoms with Gasteiger partial charge in [-0.1, -0.05) is 78.3 Å². The maximum atomic E-state index is 12.7. The summed E-state index contributed by atoms with van der Waals surface area (Å²) in [5.74, 6) is 4.67. The smallest absolute Gasteiger partial charge is 0.331 e. The number of rotatable bonds is 23. The Morgan fingerprint density at radius 3 is 1.25 bits per heavy atom. The maximum absolute atomic E-state index is 12.7. The summed E-state index contributed by atoms with van der Waals surface area (Å²) in [4.78, 5) is 69.7. The van der Waals surface area contributed by atoms with Gasteiger partial charge in [-0.15, -0.1) is 0 Å². The summed E-state index contributed by atoms with van der Waals surface area (Å²) in [6.07, 6.45) is 16.8. The second-order valence-electron chi connectivity index (χ2n) is 29.7. The van der Waals surface area contributed by atoms with Gasteiger partial charge in [0, 0.05) is 93.3 Å². The molecule has 1 aliphatic carbocycles. The lowest BCUT2D eigenvalue weighted by Gasteiger charge is -2.36. The Labute approximate surface area is 720 Å². The molecule has 654 valence electrons. The summed E-state index contributed by atoms with van der Waals surface area (Å²) in [5.41, 5.74) is 8.11. The highest BCUT2D eigenvalue weighted by Gasteiger charge is 2.28. The first-order valence-electron chi connectivity index (χ1n) is 38.8. The molecule has 8 aromatic rings. The average Bonchev–Trinajstić information content (AvgIpc) is 0.811. The number of hydrogen-bond acceptors (Lipinski definition) is 31. The van der Waals surface area contributed by atoms with Gasteiger partial charge in [-0.25, -0.2) is 9.97 Å². The lowest BCUT2D eigenvalue weighted by molar-refractivity contribution is -0.386. The monoisotopic (exact) mass is 1770 g/mol. The number of nitrogens with zero attached hydrogens (tertiary/aromatic N) is 17. The summed E-state index contributed by atoms with van der Waals surface area (Å²) < 4.78 is 49.8. The first-order chi connectivity index (χ1) is 56.5. The lowest BCUT2D eigenvalue weighted by atomic mass is 9.95. The number of nitro groups is 2. The van der Waals surface area contributed by atoms with E-state index in [0.29, 0.717) is 86.9 Å². The van der Waals surface area contributed by atoms with Gasteiger partial charge in [0.05, 0.1) is 81.0 Å². The van der Waals surface area contributed by atoms with Crippen LogP contribution in [0.2, 0.25) is 20.5 Å². The number of benzene rings is 2. The third-order valence-electron chi connectivity index (χ3n) is 19.9. The fraction of sp³-hybridized carbons (Fsp3) is 0.500. The second-order valence-corrected chi connectivity index (χ2v) is 37.6. The van der Waals surface area contributed by atoms with Crippen molar-refractivity contribution in [1.29, 1.82) is 0 Å². The number of hydrogen-bond donors (Lipinski definition) is 5. The zero-order valence-electron chi connectivity index (χ0n) is 72.2. The van der Waals surface area contributed by atoms with Crippen molar-refractivity contribution in [2.45, 2.75) is 94.8 Å². The number of methoxy groups -OCH3 is 5. The predicted octanol–water partition coefficient (Wildman–Crippen LogP) is 14.6. The molecule has 2 aromatic carbocycles. The summed E-state index contributed by atoms with van der Waals surface area (Å²) in [6.45, 7) is 13.2. The van der Waals surface area contributed by atoms with Crippen LogP contribution < -0.4 is 65.9 Å². The van der Waals surface area contributed by atoms with Crippen LogP contribution in [-0.2, 0) is 13.9 Å². The first-order valence-corrected chi connectivity index (χ1v) is 45.5. The van der Waals surface area contributed by atoms with E-state index in [-0.39, 0.29) is 41.6 Å². The Morgan fingerprint density at radius 2 is 0.857 bits per heavy atom. The Hall–Kier alpha value is -8.82. The van der Waals surface area contributed by atoms with E-state index in [2.05, 4.69) is 151 Å². The van der Waals surface area contributed by atoms with Crippen LogP contribution in [-0.4, -0.2) is 270 Å². The summed E-state index contributed by atoms with van der Waals surface area (Å²) >= 11 is 23.6. The Kier molecular flexibility index (Phi) is 40.9. The van der Waals surface area contributed by atoms with E-state index in [1.807, 2.05) is 72.8 Å². The van der Waals surface area contributed by atoms with Crippen LogP contribution in [0, 0.1) is 20.2 Å². The van der Waals surface area contributed by atoms with Crippen molar-refractivity contribution in [2.75, 3.05) is 207 Å². The number of piperidine rings is 3. The lowest BCUT2D eigenvalue weighted by Crippen LogP contribution is -2.42. The van der Waals surface area contributed by atoms with Gasteiger partial charge in [-0.2, -0.15) is 29.9 Å². The highest BCUT2D eigenvalue weighted by molar-refractivity contribution is 7.70. The highest BCUT2D eigenvalue weighted by atomic mass is 35.5. The van der Waals surface area contributed by atoms with Crippen molar-refractivity contribution >= 4 is 140 Å². The zero-order chi connectivity index (χ0) is 87.7. The molecule has 9 heterocycles. The molecule has 6 aromatic heterocycles. The molecule has 4 fully saturated rings. The van der Waals surface area contributed by atoms with E-state index in [0.717, 1.165) is 99.1 Å². The van der Waals surface area contributed by atoms with Crippen molar-refractivity contribution in [1.82, 2.24) is 59.5 Å². The molecule has 119 heavy (non-hydrogen) atoms. The molecule has 0 atom stereocenters. The van der Waals surface area contributed by atoms with Gasteiger partial charge < -0.3 is 95.3 Å². The van der Waals surface area contributed by atoms with Crippen LogP contribution >= 0.6 is 60.7 Å². The molecule has 39 heteroatoms. The zero-order valence-corrected chi connectivity index (χ0v) is 76.0. The van der Waals surface area contributed by atoms with Crippen molar-refractivity contribution in [3.05, 3.63) is 150 Å². The number of nitrogens with two attached hydrogens (primary N) is 1. The number of aliphatic hydroxyl groups is 1. The van der Waals surface area contributed by atoms with Crippen molar-refractivity contribution in [3.63, 3.8) is 0 Å². The molecule has 12 rings (SSSR count). The quantitative estimate of drug-likeness (QED) is 0.0131. The Balaban J connectivity index is 0.000000266. The minimum absolute atomic E-state index is 0. The third kappa shape index (κ3) is 31.6. The van der Waals surface area contributed by atoms with Crippen LogP contribution in [0.25, 0.3) is 0 Å². The number of para-hydroxylation sites is 2. The van der Waals surface area contributed by atoms with E-state index in [4.69, 9.17) is 76.4 Å². The molecule has 0 amide bonds. The molecule has 33 nitrogen and oxygen atoms in total. The summed E-state index contributed by atoms with van der Waals surface area (Å²) in [6, 6.07) is 31.0. The molecule has 3 aliphatic heterocycles. The maximum Gasteiger partial charge on any atom is 0.331 e. The molecular weight excluding hydrogens is 1650 g/mol. The molecule has 3 saturated heterocycles. The molecule has 0 radical (unpaired) electrons. The van der Waals surface area contributed by atoms with Crippen molar-refractivity contribution < 1.29 is 49.2 Å². The predicted molar refractivity (Wildman–Crippen MR) is 483 cm³/mol. The minimum Gasteiger partial charge on any atom is -1.00 e. The molecule has 0 unspecified atom stereocenters. The number of aliphatic hydroxyl groups excluding tert-OH is 1. The third-order valence-corrected chi connectivity index (χ3v) is 23.9. The van der Waals surface area contributed by atoms with E-state index < -0.39 is 24.1 Å². The van der Waals surface area contributed by atoms with E-state index in [1.165, 1.54) is 89.8 Å². The molecular formula is C80H118Cl4N21O12P2-. The van der Waals surface area contributed by atoms with Gasteiger partial charge in [0.1, 0.15) is 52.6 Å². The normalized spacial score (nSPS) is 14.7. The van der Waals surface area contributed by atoms with Crippen LogP contribution in [0.3, 0.4) is 0 Å².